The fourth-order valence-corrected chi connectivity index (χ4v) is 4.02. The second kappa shape index (κ2) is 8.96. The maximum atomic E-state index is 13.0. The summed E-state index contributed by atoms with van der Waals surface area (Å²) in [6.07, 6.45) is 0. The molecule has 0 unspecified atom stereocenters. The molecule has 0 fully saturated rings. The number of rotatable bonds is 7. The van der Waals surface area contributed by atoms with Crippen LogP contribution in [-0.4, -0.2) is 28.5 Å². The molecule has 0 saturated heterocycles. The van der Waals surface area contributed by atoms with Gasteiger partial charge in [0, 0.05) is 19.2 Å². The molecule has 0 heterocycles. The maximum Gasteiger partial charge on any atom is 0.264 e. The minimum Gasteiger partial charge on any atom is -0.497 e. The Balaban J connectivity index is 1.77. The Bertz CT molecular complexity index is 1130. The molecule has 0 aliphatic heterocycles. The normalized spacial score (nSPS) is 11.0. The van der Waals surface area contributed by atoms with E-state index in [1.165, 1.54) is 50.6 Å². The van der Waals surface area contributed by atoms with E-state index >= 15 is 0 Å². The molecule has 156 valence electrons. The third-order valence-electron chi connectivity index (χ3n) is 4.56. The summed E-state index contributed by atoms with van der Waals surface area (Å²) < 4.78 is 45.2. The number of methoxy groups -OCH3 is 1. The predicted molar refractivity (Wildman–Crippen MR) is 113 cm³/mol. The summed E-state index contributed by atoms with van der Waals surface area (Å²) in [5.41, 5.74) is 1.40. The Labute approximate surface area is 175 Å². The van der Waals surface area contributed by atoms with E-state index in [0.29, 0.717) is 11.4 Å². The zero-order chi connectivity index (χ0) is 21.7. The first-order valence-corrected chi connectivity index (χ1v) is 10.5. The lowest BCUT2D eigenvalue weighted by Crippen LogP contribution is -2.27. The monoisotopic (exact) mass is 428 g/mol. The van der Waals surface area contributed by atoms with E-state index in [4.69, 9.17) is 4.74 Å². The molecule has 3 rings (SSSR count). The molecule has 0 radical (unpaired) electrons. The van der Waals surface area contributed by atoms with Crippen molar-refractivity contribution in [1.29, 1.82) is 0 Å². The first-order valence-electron chi connectivity index (χ1n) is 9.07. The summed E-state index contributed by atoms with van der Waals surface area (Å²) in [5, 5.41) is 2.70. The van der Waals surface area contributed by atoms with Gasteiger partial charge in [0.15, 0.2) is 0 Å². The average Bonchev–Trinajstić information content (AvgIpc) is 2.78. The van der Waals surface area contributed by atoms with E-state index in [1.54, 1.807) is 36.4 Å². The number of amides is 1. The van der Waals surface area contributed by atoms with Crippen LogP contribution in [0, 0.1) is 5.82 Å². The third-order valence-corrected chi connectivity index (χ3v) is 6.34. The van der Waals surface area contributed by atoms with Crippen LogP contribution in [0.1, 0.15) is 15.9 Å². The number of nitrogens with zero attached hydrogens (tertiary/aromatic N) is 1. The summed E-state index contributed by atoms with van der Waals surface area (Å²) in [4.78, 5) is 12.5. The number of benzene rings is 3. The summed E-state index contributed by atoms with van der Waals surface area (Å²) in [5.74, 6) is -0.170. The number of hydrogen-bond acceptors (Lipinski definition) is 4. The number of halogens is 1. The zero-order valence-electron chi connectivity index (χ0n) is 16.5. The van der Waals surface area contributed by atoms with E-state index in [0.717, 1.165) is 9.87 Å². The average molecular weight is 428 g/mol. The van der Waals surface area contributed by atoms with Crippen molar-refractivity contribution < 1.29 is 22.3 Å². The molecule has 6 nitrogen and oxygen atoms in total. The number of sulfonamides is 1. The van der Waals surface area contributed by atoms with Crippen LogP contribution in [0.4, 0.5) is 10.1 Å². The number of anilines is 1. The summed E-state index contributed by atoms with van der Waals surface area (Å²) in [6, 6.07) is 18.2. The Morgan fingerprint density at radius 3 is 2.33 bits per heavy atom. The lowest BCUT2D eigenvalue weighted by molar-refractivity contribution is 0.0950. The molecule has 0 aliphatic carbocycles. The molecule has 0 bridgehead atoms. The third kappa shape index (κ3) is 4.77. The minimum atomic E-state index is -3.87. The summed E-state index contributed by atoms with van der Waals surface area (Å²) in [6.45, 7) is 0.196. The first-order chi connectivity index (χ1) is 14.3. The molecule has 1 N–H and O–H groups in total. The van der Waals surface area contributed by atoms with Gasteiger partial charge in [0.05, 0.1) is 17.7 Å². The SMILES string of the molecule is COc1ccc(N(C)S(=O)(=O)c2cccc(C(=O)NCc3ccc(F)cc3)c2)cc1. The van der Waals surface area contributed by atoms with Crippen molar-refractivity contribution in [1.82, 2.24) is 5.32 Å². The van der Waals surface area contributed by atoms with Crippen molar-refractivity contribution in [2.45, 2.75) is 11.4 Å². The fraction of sp³-hybridized carbons (Fsp3) is 0.136. The molecule has 0 aromatic heterocycles. The molecule has 30 heavy (non-hydrogen) atoms. The molecule has 0 aliphatic rings. The summed E-state index contributed by atoms with van der Waals surface area (Å²) in [7, 11) is -0.896. The van der Waals surface area contributed by atoms with Gasteiger partial charge in [0.25, 0.3) is 15.9 Å². The number of nitrogens with one attached hydrogen (secondary N) is 1. The van der Waals surface area contributed by atoms with Gasteiger partial charge in [-0.1, -0.05) is 18.2 Å². The number of ether oxygens (including phenoxy) is 1. The number of carbonyl (C=O) groups excluding carboxylic acids is 1. The largest absolute Gasteiger partial charge is 0.497 e. The van der Waals surface area contributed by atoms with Crippen LogP contribution in [0.2, 0.25) is 0 Å². The standard InChI is InChI=1S/C22H21FN2O4S/c1-25(19-10-12-20(29-2)13-11-19)30(27,28)21-5-3-4-17(14-21)22(26)24-15-16-6-8-18(23)9-7-16/h3-14H,15H2,1-2H3,(H,24,26). The van der Waals surface area contributed by atoms with Crippen molar-refractivity contribution in [3.63, 3.8) is 0 Å². The van der Waals surface area contributed by atoms with Crippen LogP contribution in [0.5, 0.6) is 5.75 Å². The quantitative estimate of drug-likeness (QED) is 0.624. The Morgan fingerprint density at radius 2 is 1.70 bits per heavy atom. The van der Waals surface area contributed by atoms with Crippen LogP contribution in [0.25, 0.3) is 0 Å². The second-order valence-corrected chi connectivity index (χ2v) is 8.48. The number of carbonyl (C=O) groups is 1. The van der Waals surface area contributed by atoms with Crippen LogP contribution < -0.4 is 14.4 Å². The van der Waals surface area contributed by atoms with Gasteiger partial charge in [-0.3, -0.25) is 9.10 Å². The molecule has 0 spiro atoms. The molecule has 3 aromatic carbocycles. The lowest BCUT2D eigenvalue weighted by atomic mass is 10.2. The highest BCUT2D eigenvalue weighted by Gasteiger charge is 2.22. The molecule has 0 atom stereocenters. The topological polar surface area (TPSA) is 75.7 Å². The van der Waals surface area contributed by atoms with Gasteiger partial charge in [-0.2, -0.15) is 0 Å². The van der Waals surface area contributed by atoms with Gasteiger partial charge in [-0.15, -0.1) is 0 Å². The molecule has 3 aromatic rings. The van der Waals surface area contributed by atoms with Crippen LogP contribution in [0.3, 0.4) is 0 Å². The lowest BCUT2D eigenvalue weighted by Gasteiger charge is -2.20. The van der Waals surface area contributed by atoms with Crippen LogP contribution >= 0.6 is 0 Å². The van der Waals surface area contributed by atoms with E-state index in [2.05, 4.69) is 5.32 Å². The first kappa shape index (κ1) is 21.3. The number of hydrogen-bond donors (Lipinski definition) is 1. The molecular weight excluding hydrogens is 407 g/mol. The Hall–Kier alpha value is -3.39. The van der Waals surface area contributed by atoms with E-state index < -0.39 is 15.9 Å². The van der Waals surface area contributed by atoms with Crippen molar-refractivity contribution in [3.8, 4) is 5.75 Å². The van der Waals surface area contributed by atoms with Gasteiger partial charge in [-0.05, 0) is 60.2 Å². The summed E-state index contributed by atoms with van der Waals surface area (Å²) >= 11 is 0. The molecule has 1 amide bonds. The van der Waals surface area contributed by atoms with E-state index in [-0.39, 0.29) is 22.8 Å². The molecular formula is C22H21FN2O4S. The smallest absolute Gasteiger partial charge is 0.264 e. The van der Waals surface area contributed by atoms with Gasteiger partial charge < -0.3 is 10.1 Å². The predicted octanol–water partition coefficient (Wildman–Crippen LogP) is 3.59. The van der Waals surface area contributed by atoms with Gasteiger partial charge in [0.2, 0.25) is 0 Å². The Kier molecular flexibility index (Phi) is 6.37. The highest BCUT2D eigenvalue weighted by molar-refractivity contribution is 7.92. The maximum absolute atomic E-state index is 13.0. The van der Waals surface area contributed by atoms with E-state index in [9.17, 15) is 17.6 Å². The van der Waals surface area contributed by atoms with Crippen molar-refractivity contribution in [2.75, 3.05) is 18.5 Å². The second-order valence-electron chi connectivity index (χ2n) is 6.51. The van der Waals surface area contributed by atoms with Crippen molar-refractivity contribution >= 4 is 21.6 Å². The highest BCUT2D eigenvalue weighted by atomic mass is 32.2. The fourth-order valence-electron chi connectivity index (χ4n) is 2.77. The van der Waals surface area contributed by atoms with Gasteiger partial charge >= 0.3 is 0 Å². The van der Waals surface area contributed by atoms with Gasteiger partial charge in [-0.25, -0.2) is 12.8 Å². The van der Waals surface area contributed by atoms with Crippen molar-refractivity contribution in [3.05, 3.63) is 89.7 Å². The van der Waals surface area contributed by atoms with E-state index in [1.807, 2.05) is 0 Å². The van der Waals surface area contributed by atoms with Crippen molar-refractivity contribution in [2.24, 2.45) is 0 Å². The molecule has 0 saturated carbocycles. The van der Waals surface area contributed by atoms with Gasteiger partial charge in [0.1, 0.15) is 11.6 Å². The highest BCUT2D eigenvalue weighted by Crippen LogP contribution is 2.24. The Morgan fingerprint density at radius 1 is 1.03 bits per heavy atom. The molecule has 8 heteroatoms. The van der Waals surface area contributed by atoms with Crippen LogP contribution in [0.15, 0.2) is 77.7 Å². The van der Waals surface area contributed by atoms with Crippen LogP contribution in [-0.2, 0) is 16.6 Å². The minimum absolute atomic E-state index is 0.00440. The zero-order valence-corrected chi connectivity index (χ0v) is 17.3.